The number of hydrogen-bond donors (Lipinski definition) is 1. The van der Waals surface area contributed by atoms with Gasteiger partial charge in [0.1, 0.15) is 11.0 Å². The fourth-order valence-corrected chi connectivity index (χ4v) is 2.36. The lowest BCUT2D eigenvalue weighted by atomic mass is 10.1. The van der Waals surface area contributed by atoms with Gasteiger partial charge in [0.25, 0.3) is 0 Å². The maximum atomic E-state index is 11.9. The number of nitrogens with one attached hydrogen (secondary N) is 1. The van der Waals surface area contributed by atoms with Crippen LogP contribution in [0, 0.1) is 0 Å². The number of nitrogens with zero attached hydrogens (tertiary/aromatic N) is 3. The Balaban J connectivity index is 1.44. The smallest absolute Gasteiger partial charge is 0.224 e. The van der Waals surface area contributed by atoms with E-state index in [1.54, 1.807) is 0 Å². The minimum atomic E-state index is 0.0130. The summed E-state index contributed by atoms with van der Waals surface area (Å²) in [7, 11) is 0. The monoisotopic (exact) mass is 290 g/mol. The van der Waals surface area contributed by atoms with Crippen LogP contribution in [-0.2, 0) is 16.0 Å². The molecule has 0 spiro atoms. The molecule has 0 aliphatic carbocycles. The van der Waals surface area contributed by atoms with Gasteiger partial charge in [-0.1, -0.05) is 6.07 Å². The molecule has 1 aliphatic rings. The van der Waals surface area contributed by atoms with Gasteiger partial charge in [-0.05, 0) is 28.0 Å². The maximum Gasteiger partial charge on any atom is 0.224 e. The van der Waals surface area contributed by atoms with Crippen LogP contribution in [0.4, 0.5) is 0 Å². The fraction of sp³-hybridized carbons (Fsp3) is 0.500. The summed E-state index contributed by atoms with van der Waals surface area (Å²) in [6.07, 6.45) is 0.339. The molecule has 1 aromatic carbocycles. The Morgan fingerprint density at radius 2 is 2.05 bits per heavy atom. The van der Waals surface area contributed by atoms with Crippen LogP contribution in [-0.4, -0.2) is 60.5 Å². The summed E-state index contributed by atoms with van der Waals surface area (Å²) in [6.45, 7) is 4.95. The average molecular weight is 290 g/mol. The van der Waals surface area contributed by atoms with Gasteiger partial charge < -0.3 is 10.1 Å². The predicted octanol–water partition coefficient (Wildman–Crippen LogP) is 0.214. The topological polar surface area (TPSA) is 80.5 Å². The van der Waals surface area contributed by atoms with Crippen molar-refractivity contribution in [2.75, 3.05) is 39.4 Å². The van der Waals surface area contributed by atoms with E-state index in [9.17, 15) is 4.79 Å². The summed E-state index contributed by atoms with van der Waals surface area (Å²) in [5.74, 6) is 0.0130. The highest BCUT2D eigenvalue weighted by atomic mass is 16.6. The fourth-order valence-electron chi connectivity index (χ4n) is 2.36. The van der Waals surface area contributed by atoms with Gasteiger partial charge in [0.05, 0.1) is 19.6 Å². The van der Waals surface area contributed by atoms with E-state index in [0.717, 1.165) is 38.4 Å². The molecule has 0 radical (unpaired) electrons. The third-order valence-electron chi connectivity index (χ3n) is 3.54. The molecule has 1 fully saturated rings. The van der Waals surface area contributed by atoms with Crippen molar-refractivity contribution in [2.45, 2.75) is 6.42 Å². The van der Waals surface area contributed by atoms with E-state index >= 15 is 0 Å². The highest BCUT2D eigenvalue weighted by molar-refractivity contribution is 5.81. The maximum absolute atomic E-state index is 11.9. The van der Waals surface area contributed by atoms with Gasteiger partial charge in [-0.25, -0.2) is 4.63 Å². The van der Waals surface area contributed by atoms with Crippen LogP contribution >= 0.6 is 0 Å². The van der Waals surface area contributed by atoms with Crippen LogP contribution in [0.25, 0.3) is 11.0 Å². The minimum Gasteiger partial charge on any atom is -0.379 e. The molecule has 0 atom stereocenters. The molecule has 21 heavy (non-hydrogen) atoms. The molecule has 1 amide bonds. The summed E-state index contributed by atoms with van der Waals surface area (Å²) in [5.41, 5.74) is 2.28. The molecule has 7 nitrogen and oxygen atoms in total. The van der Waals surface area contributed by atoms with Gasteiger partial charge >= 0.3 is 0 Å². The van der Waals surface area contributed by atoms with Crippen molar-refractivity contribution in [3.63, 3.8) is 0 Å². The lowest BCUT2D eigenvalue weighted by Gasteiger charge is -2.26. The van der Waals surface area contributed by atoms with Crippen LogP contribution in [0.3, 0.4) is 0 Å². The van der Waals surface area contributed by atoms with Crippen LogP contribution < -0.4 is 5.32 Å². The highest BCUT2D eigenvalue weighted by Gasteiger charge is 2.10. The normalized spacial score (nSPS) is 16.2. The van der Waals surface area contributed by atoms with E-state index in [2.05, 4.69) is 25.2 Å². The van der Waals surface area contributed by atoms with Gasteiger partial charge in [-0.3, -0.25) is 9.69 Å². The Kier molecular flexibility index (Phi) is 4.42. The number of hydrogen-bond acceptors (Lipinski definition) is 6. The van der Waals surface area contributed by atoms with E-state index in [1.165, 1.54) is 0 Å². The Morgan fingerprint density at radius 3 is 2.90 bits per heavy atom. The van der Waals surface area contributed by atoms with Crippen LogP contribution in [0.5, 0.6) is 0 Å². The average Bonchev–Trinajstić information content (AvgIpc) is 2.96. The predicted molar refractivity (Wildman–Crippen MR) is 75.8 cm³/mol. The summed E-state index contributed by atoms with van der Waals surface area (Å²) >= 11 is 0. The highest BCUT2D eigenvalue weighted by Crippen LogP contribution is 2.11. The standard InChI is InChI=1S/C14H18N4O3/c19-14(15-3-4-18-5-7-20-8-6-18)10-11-1-2-12-13(9-11)17-21-16-12/h1-2,9H,3-8,10H2,(H,15,19). The number of carbonyl (C=O) groups excluding carboxylic acids is 1. The number of morpholine rings is 1. The first-order valence-electron chi connectivity index (χ1n) is 7.09. The number of ether oxygens (including phenoxy) is 1. The van der Waals surface area contributed by atoms with Crippen LogP contribution in [0.2, 0.25) is 0 Å². The van der Waals surface area contributed by atoms with Gasteiger partial charge in [0.15, 0.2) is 0 Å². The molecule has 0 bridgehead atoms. The molecular formula is C14H18N4O3. The number of fused-ring (bicyclic) bond motifs is 1. The number of benzene rings is 1. The summed E-state index contributed by atoms with van der Waals surface area (Å²) < 4.78 is 9.93. The zero-order valence-electron chi connectivity index (χ0n) is 11.7. The van der Waals surface area contributed by atoms with Crippen molar-refractivity contribution in [3.8, 4) is 0 Å². The molecule has 3 rings (SSSR count). The first-order valence-corrected chi connectivity index (χ1v) is 7.09. The zero-order chi connectivity index (χ0) is 14.5. The van der Waals surface area contributed by atoms with E-state index in [4.69, 9.17) is 4.74 Å². The summed E-state index contributed by atoms with van der Waals surface area (Å²) in [5, 5.41) is 10.5. The summed E-state index contributed by atoms with van der Waals surface area (Å²) in [6, 6.07) is 5.50. The van der Waals surface area contributed by atoms with Gasteiger partial charge in [0.2, 0.25) is 5.91 Å². The van der Waals surface area contributed by atoms with E-state index in [-0.39, 0.29) is 5.91 Å². The number of carbonyl (C=O) groups is 1. The molecule has 112 valence electrons. The Bertz CT molecular complexity index is 607. The minimum absolute atomic E-state index is 0.0130. The van der Waals surface area contributed by atoms with Crippen molar-refractivity contribution in [1.82, 2.24) is 20.5 Å². The van der Waals surface area contributed by atoms with Gasteiger partial charge in [-0.15, -0.1) is 0 Å². The van der Waals surface area contributed by atoms with Crippen LogP contribution in [0.15, 0.2) is 22.8 Å². The molecular weight excluding hydrogens is 272 g/mol. The van der Waals surface area contributed by atoms with Crippen LogP contribution in [0.1, 0.15) is 5.56 Å². The lowest BCUT2D eigenvalue weighted by molar-refractivity contribution is -0.120. The van der Waals surface area contributed by atoms with Crippen molar-refractivity contribution in [3.05, 3.63) is 23.8 Å². The van der Waals surface area contributed by atoms with E-state index in [1.807, 2.05) is 18.2 Å². The first kappa shape index (κ1) is 14.0. The number of rotatable bonds is 5. The third-order valence-corrected chi connectivity index (χ3v) is 3.54. The van der Waals surface area contributed by atoms with Gasteiger partial charge in [0, 0.05) is 26.2 Å². The van der Waals surface area contributed by atoms with Crippen molar-refractivity contribution >= 4 is 16.9 Å². The van der Waals surface area contributed by atoms with Crippen molar-refractivity contribution in [2.24, 2.45) is 0 Å². The third kappa shape index (κ3) is 3.77. The first-order chi connectivity index (χ1) is 10.3. The quantitative estimate of drug-likeness (QED) is 0.848. The van der Waals surface area contributed by atoms with Gasteiger partial charge in [-0.2, -0.15) is 0 Å². The molecule has 0 saturated carbocycles. The number of aromatic nitrogens is 2. The van der Waals surface area contributed by atoms with E-state index in [0.29, 0.717) is 24.0 Å². The van der Waals surface area contributed by atoms with E-state index < -0.39 is 0 Å². The molecule has 2 heterocycles. The zero-order valence-corrected chi connectivity index (χ0v) is 11.7. The summed E-state index contributed by atoms with van der Waals surface area (Å²) in [4.78, 5) is 14.2. The lowest BCUT2D eigenvalue weighted by Crippen LogP contribution is -2.41. The Labute approximate surface area is 122 Å². The Hall–Kier alpha value is -1.99. The van der Waals surface area contributed by atoms with Crippen molar-refractivity contribution < 1.29 is 14.2 Å². The molecule has 2 aromatic rings. The molecule has 7 heteroatoms. The SMILES string of the molecule is O=C(Cc1ccc2nonc2c1)NCCN1CCOCC1. The molecule has 1 aliphatic heterocycles. The second-order valence-corrected chi connectivity index (χ2v) is 5.07. The second kappa shape index (κ2) is 6.64. The van der Waals surface area contributed by atoms with Crippen molar-refractivity contribution in [1.29, 1.82) is 0 Å². The molecule has 0 unspecified atom stereocenters. The molecule has 1 N–H and O–H groups in total. The number of amides is 1. The molecule has 1 saturated heterocycles. The second-order valence-electron chi connectivity index (χ2n) is 5.07. The Morgan fingerprint density at radius 1 is 1.24 bits per heavy atom. The molecule has 1 aromatic heterocycles. The largest absolute Gasteiger partial charge is 0.379 e.